The van der Waals surface area contributed by atoms with E-state index in [1.165, 1.54) is 4.70 Å². The smallest absolute Gasteiger partial charge is 0.186 e. The van der Waals surface area contributed by atoms with E-state index in [0.717, 1.165) is 47.2 Å². The Labute approximate surface area is 121 Å². The number of halogens is 1. The quantitative estimate of drug-likeness (QED) is 0.922. The van der Waals surface area contributed by atoms with Crippen LogP contribution in [0.2, 0.25) is 5.02 Å². The Morgan fingerprint density at radius 1 is 1.42 bits per heavy atom. The number of hydrogen-bond acceptors (Lipinski definition) is 4. The van der Waals surface area contributed by atoms with Gasteiger partial charge in [-0.25, -0.2) is 4.98 Å². The lowest BCUT2D eigenvalue weighted by Gasteiger charge is -2.30. The van der Waals surface area contributed by atoms with Gasteiger partial charge in [-0.15, -0.1) is 0 Å². The molecule has 102 valence electrons. The number of aryl methyl sites for hydroxylation is 1. The van der Waals surface area contributed by atoms with Crippen LogP contribution in [0.5, 0.6) is 0 Å². The predicted octanol–water partition coefficient (Wildman–Crippen LogP) is 3.47. The molecule has 1 N–H and O–H groups in total. The van der Waals surface area contributed by atoms with Crippen molar-refractivity contribution in [2.45, 2.75) is 19.8 Å². The molecule has 0 atom stereocenters. The molecule has 2 heterocycles. The van der Waals surface area contributed by atoms with E-state index in [0.29, 0.717) is 12.5 Å². The fourth-order valence-electron chi connectivity index (χ4n) is 2.53. The van der Waals surface area contributed by atoms with Crippen LogP contribution in [-0.4, -0.2) is 29.8 Å². The number of aromatic nitrogens is 1. The maximum Gasteiger partial charge on any atom is 0.186 e. The zero-order chi connectivity index (χ0) is 13.4. The van der Waals surface area contributed by atoms with Gasteiger partial charge in [0.25, 0.3) is 0 Å². The first-order valence-electron chi connectivity index (χ1n) is 6.60. The maximum absolute atomic E-state index is 9.18. The van der Waals surface area contributed by atoms with Gasteiger partial charge >= 0.3 is 0 Å². The Morgan fingerprint density at radius 2 is 2.16 bits per heavy atom. The highest BCUT2D eigenvalue weighted by Crippen LogP contribution is 2.34. The summed E-state index contributed by atoms with van der Waals surface area (Å²) < 4.78 is 1.20. The molecule has 3 nitrogen and oxygen atoms in total. The minimum absolute atomic E-state index is 0.308. The van der Waals surface area contributed by atoms with Crippen LogP contribution in [0.3, 0.4) is 0 Å². The van der Waals surface area contributed by atoms with Gasteiger partial charge in [0.05, 0.1) is 10.2 Å². The minimum Gasteiger partial charge on any atom is -0.396 e. The van der Waals surface area contributed by atoms with Gasteiger partial charge in [-0.05, 0) is 43.4 Å². The highest BCUT2D eigenvalue weighted by Gasteiger charge is 2.21. The Balaban J connectivity index is 1.88. The highest BCUT2D eigenvalue weighted by atomic mass is 35.5. The van der Waals surface area contributed by atoms with Crippen LogP contribution in [0.25, 0.3) is 10.2 Å². The van der Waals surface area contributed by atoms with E-state index in [1.807, 2.05) is 19.1 Å². The number of nitrogens with zero attached hydrogens (tertiary/aromatic N) is 2. The SMILES string of the molecule is Cc1c(Cl)ccc2sc(N3CCC(CO)CC3)nc12. The molecular weight excluding hydrogens is 280 g/mol. The summed E-state index contributed by atoms with van der Waals surface area (Å²) in [5, 5.41) is 11.0. The van der Waals surface area contributed by atoms with Gasteiger partial charge in [0.2, 0.25) is 0 Å². The van der Waals surface area contributed by atoms with Crippen LogP contribution < -0.4 is 4.90 Å². The number of aliphatic hydroxyl groups excluding tert-OH is 1. The van der Waals surface area contributed by atoms with Crippen molar-refractivity contribution in [1.29, 1.82) is 0 Å². The number of anilines is 1. The summed E-state index contributed by atoms with van der Waals surface area (Å²) in [6.45, 7) is 4.30. The van der Waals surface area contributed by atoms with Gasteiger partial charge in [-0.3, -0.25) is 0 Å². The van der Waals surface area contributed by atoms with Crippen molar-refractivity contribution in [2.24, 2.45) is 5.92 Å². The van der Waals surface area contributed by atoms with Gasteiger partial charge in [0.1, 0.15) is 0 Å². The Kier molecular flexibility index (Phi) is 3.65. The Hall–Kier alpha value is -0.840. The molecule has 1 aromatic heterocycles. The van der Waals surface area contributed by atoms with E-state index in [9.17, 15) is 5.11 Å². The summed E-state index contributed by atoms with van der Waals surface area (Å²) >= 11 is 7.87. The number of thiazole rings is 1. The summed E-state index contributed by atoms with van der Waals surface area (Å²) in [5.74, 6) is 0.460. The second-order valence-electron chi connectivity index (χ2n) is 5.13. The Morgan fingerprint density at radius 3 is 2.84 bits per heavy atom. The second-order valence-corrected chi connectivity index (χ2v) is 6.54. The molecule has 0 spiro atoms. The molecule has 0 aliphatic carbocycles. The van der Waals surface area contributed by atoms with Crippen molar-refractivity contribution in [1.82, 2.24) is 4.98 Å². The fourth-order valence-corrected chi connectivity index (χ4v) is 3.76. The van der Waals surface area contributed by atoms with Crippen molar-refractivity contribution in [2.75, 3.05) is 24.6 Å². The van der Waals surface area contributed by atoms with Gasteiger partial charge in [0.15, 0.2) is 5.13 Å². The van der Waals surface area contributed by atoms with Crippen molar-refractivity contribution >= 4 is 38.3 Å². The second kappa shape index (κ2) is 5.27. The number of aliphatic hydroxyl groups is 1. The normalized spacial score (nSPS) is 17.3. The molecule has 0 radical (unpaired) electrons. The monoisotopic (exact) mass is 296 g/mol. The summed E-state index contributed by atoms with van der Waals surface area (Å²) in [6.07, 6.45) is 2.10. The van der Waals surface area contributed by atoms with E-state index in [1.54, 1.807) is 11.3 Å². The zero-order valence-corrected chi connectivity index (χ0v) is 12.5. The standard InChI is InChI=1S/C14H17ClN2OS/c1-9-11(15)2-3-12-13(9)16-14(19-12)17-6-4-10(8-18)5-7-17/h2-3,10,18H,4-8H2,1H3. The molecule has 5 heteroatoms. The summed E-state index contributed by atoms with van der Waals surface area (Å²) in [6, 6.07) is 3.99. The van der Waals surface area contributed by atoms with Gasteiger partial charge in [-0.1, -0.05) is 22.9 Å². The largest absolute Gasteiger partial charge is 0.396 e. The van der Waals surface area contributed by atoms with Crippen molar-refractivity contribution in [3.05, 3.63) is 22.7 Å². The molecule has 1 saturated heterocycles. The third kappa shape index (κ3) is 2.45. The highest BCUT2D eigenvalue weighted by molar-refractivity contribution is 7.22. The number of hydrogen-bond donors (Lipinski definition) is 1. The van der Waals surface area contributed by atoms with Crippen LogP contribution in [0.15, 0.2) is 12.1 Å². The molecular formula is C14H17ClN2OS. The third-order valence-electron chi connectivity index (χ3n) is 3.88. The topological polar surface area (TPSA) is 36.4 Å². The number of benzene rings is 1. The summed E-state index contributed by atoms with van der Waals surface area (Å²) in [4.78, 5) is 7.07. The first-order chi connectivity index (χ1) is 9.19. The molecule has 0 bridgehead atoms. The van der Waals surface area contributed by atoms with Crippen LogP contribution >= 0.6 is 22.9 Å². The van der Waals surface area contributed by atoms with E-state index in [-0.39, 0.29) is 0 Å². The van der Waals surface area contributed by atoms with Crippen LogP contribution in [0.4, 0.5) is 5.13 Å². The molecule has 2 aromatic rings. The maximum atomic E-state index is 9.18. The number of piperidine rings is 1. The molecule has 1 aliphatic heterocycles. The summed E-state index contributed by atoms with van der Waals surface area (Å²) in [5.41, 5.74) is 2.09. The van der Waals surface area contributed by atoms with Gasteiger partial charge < -0.3 is 10.0 Å². The van der Waals surface area contributed by atoms with Crippen LogP contribution in [0.1, 0.15) is 18.4 Å². The van der Waals surface area contributed by atoms with Crippen molar-refractivity contribution < 1.29 is 5.11 Å². The molecule has 19 heavy (non-hydrogen) atoms. The van der Waals surface area contributed by atoms with E-state index >= 15 is 0 Å². The summed E-state index contributed by atoms with van der Waals surface area (Å²) in [7, 11) is 0. The zero-order valence-electron chi connectivity index (χ0n) is 10.9. The molecule has 0 unspecified atom stereocenters. The molecule has 1 aliphatic rings. The minimum atomic E-state index is 0.308. The van der Waals surface area contributed by atoms with E-state index in [2.05, 4.69) is 4.90 Å². The molecule has 1 aromatic carbocycles. The van der Waals surface area contributed by atoms with E-state index < -0.39 is 0 Å². The van der Waals surface area contributed by atoms with Crippen LogP contribution in [0, 0.1) is 12.8 Å². The lowest BCUT2D eigenvalue weighted by Crippen LogP contribution is -2.34. The lowest BCUT2D eigenvalue weighted by atomic mass is 9.98. The number of fused-ring (bicyclic) bond motifs is 1. The molecule has 0 amide bonds. The predicted molar refractivity (Wildman–Crippen MR) is 81.4 cm³/mol. The average Bonchev–Trinajstić information content (AvgIpc) is 2.88. The molecule has 0 saturated carbocycles. The van der Waals surface area contributed by atoms with Gasteiger partial charge in [-0.2, -0.15) is 0 Å². The first-order valence-corrected chi connectivity index (χ1v) is 7.80. The average molecular weight is 297 g/mol. The van der Waals surface area contributed by atoms with E-state index in [4.69, 9.17) is 16.6 Å². The van der Waals surface area contributed by atoms with Crippen molar-refractivity contribution in [3.8, 4) is 0 Å². The van der Waals surface area contributed by atoms with Gasteiger partial charge in [0, 0.05) is 24.7 Å². The van der Waals surface area contributed by atoms with Crippen LogP contribution in [-0.2, 0) is 0 Å². The lowest BCUT2D eigenvalue weighted by molar-refractivity contribution is 0.203. The first kappa shape index (κ1) is 13.2. The molecule has 1 fully saturated rings. The van der Waals surface area contributed by atoms with Crippen molar-refractivity contribution in [3.63, 3.8) is 0 Å². The fraction of sp³-hybridized carbons (Fsp3) is 0.500. The molecule has 3 rings (SSSR count). The number of rotatable bonds is 2. The Bertz CT molecular complexity index is 590. The third-order valence-corrected chi connectivity index (χ3v) is 5.37.